The molecule has 0 unspecified atom stereocenters. The number of pyridine rings is 1. The molecule has 8 nitrogen and oxygen atoms in total. The number of rotatable bonds is 5. The fraction of sp³-hybridized carbons (Fsp3) is 0.467. The summed E-state index contributed by atoms with van der Waals surface area (Å²) in [6.07, 6.45) is 5.44. The van der Waals surface area contributed by atoms with Crippen LogP contribution in [0.2, 0.25) is 0 Å². The van der Waals surface area contributed by atoms with Crippen LogP contribution in [0.4, 0.5) is 5.95 Å². The fourth-order valence-electron chi connectivity index (χ4n) is 2.75. The van der Waals surface area contributed by atoms with Crippen LogP contribution in [0.25, 0.3) is 0 Å². The lowest BCUT2D eigenvalue weighted by Crippen LogP contribution is -2.34. The van der Waals surface area contributed by atoms with Crippen molar-refractivity contribution in [3.63, 3.8) is 0 Å². The number of nitrogens with zero attached hydrogens (tertiary/aromatic N) is 3. The van der Waals surface area contributed by atoms with Gasteiger partial charge in [0, 0.05) is 25.8 Å². The molecule has 3 rings (SSSR count). The average molecular weight is 316 g/mol. The van der Waals surface area contributed by atoms with E-state index in [0.717, 1.165) is 36.9 Å². The maximum absolute atomic E-state index is 12.2. The zero-order valence-electron chi connectivity index (χ0n) is 13.1. The molecule has 2 heterocycles. The van der Waals surface area contributed by atoms with Gasteiger partial charge in [-0.1, -0.05) is 0 Å². The molecular weight excluding hydrogens is 296 g/mol. The number of aryl methyl sites for hydroxylation is 3. The maximum Gasteiger partial charge on any atom is 0.261 e. The number of hydrogen-bond acceptors (Lipinski definition) is 5. The molecule has 0 aliphatic heterocycles. The Bertz CT molecular complexity index is 764. The van der Waals surface area contributed by atoms with E-state index in [1.165, 1.54) is 6.33 Å². The van der Waals surface area contributed by atoms with E-state index in [1.807, 2.05) is 0 Å². The van der Waals surface area contributed by atoms with Crippen LogP contribution < -0.4 is 16.2 Å². The lowest BCUT2D eigenvalue weighted by molar-refractivity contribution is 0.0953. The van der Waals surface area contributed by atoms with Gasteiger partial charge in [0.2, 0.25) is 5.95 Å². The highest BCUT2D eigenvalue weighted by Gasteiger charge is 2.16. The quantitative estimate of drug-likeness (QED) is 0.685. The van der Waals surface area contributed by atoms with Crippen molar-refractivity contribution in [2.24, 2.45) is 7.05 Å². The molecule has 3 N–H and O–H groups in total. The molecule has 2 aromatic heterocycles. The van der Waals surface area contributed by atoms with Crippen molar-refractivity contribution in [3.8, 4) is 0 Å². The first-order chi connectivity index (χ1) is 11.1. The summed E-state index contributed by atoms with van der Waals surface area (Å²) in [5, 5.41) is 9.74. The maximum atomic E-state index is 12.2. The Morgan fingerprint density at radius 3 is 2.96 bits per heavy atom. The van der Waals surface area contributed by atoms with E-state index < -0.39 is 0 Å². The Morgan fingerprint density at radius 2 is 2.17 bits per heavy atom. The van der Waals surface area contributed by atoms with Crippen molar-refractivity contribution in [3.05, 3.63) is 39.6 Å². The number of anilines is 1. The van der Waals surface area contributed by atoms with E-state index in [-0.39, 0.29) is 17.0 Å². The molecule has 0 saturated heterocycles. The first-order valence-corrected chi connectivity index (χ1v) is 7.76. The van der Waals surface area contributed by atoms with Crippen LogP contribution >= 0.6 is 0 Å². The smallest absolute Gasteiger partial charge is 0.261 e. The van der Waals surface area contributed by atoms with E-state index in [2.05, 4.69) is 25.7 Å². The highest BCUT2D eigenvalue weighted by Crippen LogP contribution is 2.18. The number of amides is 1. The number of H-pyrrole nitrogens is 1. The van der Waals surface area contributed by atoms with Crippen LogP contribution in [0, 0.1) is 0 Å². The Balaban J connectivity index is 1.58. The van der Waals surface area contributed by atoms with Crippen LogP contribution in [0.5, 0.6) is 0 Å². The van der Waals surface area contributed by atoms with Crippen LogP contribution in [0.3, 0.4) is 0 Å². The molecule has 0 saturated carbocycles. The predicted octanol–water partition coefficient (Wildman–Crippen LogP) is 0.224. The minimum absolute atomic E-state index is 0.185. The highest BCUT2D eigenvalue weighted by atomic mass is 16.2. The summed E-state index contributed by atoms with van der Waals surface area (Å²) in [6, 6.07) is 1.73. The molecule has 0 radical (unpaired) electrons. The van der Waals surface area contributed by atoms with E-state index in [1.54, 1.807) is 17.8 Å². The summed E-state index contributed by atoms with van der Waals surface area (Å²) in [4.78, 5) is 31.1. The summed E-state index contributed by atoms with van der Waals surface area (Å²) in [5.74, 6) is 0.283. The zero-order valence-corrected chi connectivity index (χ0v) is 13.1. The third-order valence-corrected chi connectivity index (χ3v) is 3.99. The summed E-state index contributed by atoms with van der Waals surface area (Å²) in [7, 11) is 1.78. The van der Waals surface area contributed by atoms with Crippen LogP contribution in [0.15, 0.2) is 17.2 Å². The van der Waals surface area contributed by atoms with Crippen molar-refractivity contribution in [1.82, 2.24) is 25.1 Å². The molecule has 0 fully saturated rings. The number of aromatic amines is 1. The van der Waals surface area contributed by atoms with Crippen molar-refractivity contribution in [2.75, 3.05) is 18.4 Å². The Hall–Kier alpha value is -2.64. The number of hydrogen-bond donors (Lipinski definition) is 3. The Labute approximate surface area is 133 Å². The van der Waals surface area contributed by atoms with Gasteiger partial charge in [-0.2, -0.15) is 10.1 Å². The van der Waals surface area contributed by atoms with Crippen molar-refractivity contribution >= 4 is 11.9 Å². The second kappa shape index (κ2) is 6.64. The zero-order chi connectivity index (χ0) is 16.2. The minimum atomic E-state index is -0.348. The summed E-state index contributed by atoms with van der Waals surface area (Å²) in [6.45, 7) is 0.892. The molecular formula is C15H20N6O2. The predicted molar refractivity (Wildman–Crippen MR) is 85.5 cm³/mol. The van der Waals surface area contributed by atoms with Gasteiger partial charge in [0.05, 0.1) is 0 Å². The topological polar surface area (TPSA) is 105 Å². The van der Waals surface area contributed by atoms with Gasteiger partial charge in [0.15, 0.2) is 0 Å². The Morgan fingerprint density at radius 1 is 1.35 bits per heavy atom. The number of nitrogens with one attached hydrogen (secondary N) is 3. The van der Waals surface area contributed by atoms with Gasteiger partial charge in [-0.25, -0.2) is 4.68 Å². The Kier molecular flexibility index (Phi) is 4.40. The average Bonchev–Trinajstić information content (AvgIpc) is 2.96. The molecule has 23 heavy (non-hydrogen) atoms. The first kappa shape index (κ1) is 15.3. The summed E-state index contributed by atoms with van der Waals surface area (Å²) in [5.41, 5.74) is 1.92. The SMILES string of the molecule is Cn1ncnc1NCCNC(=O)c1cc2c([nH]c1=O)CCCC2. The van der Waals surface area contributed by atoms with Crippen molar-refractivity contribution < 1.29 is 4.79 Å². The second-order valence-electron chi connectivity index (χ2n) is 5.61. The van der Waals surface area contributed by atoms with Crippen LogP contribution in [-0.2, 0) is 19.9 Å². The molecule has 0 aromatic carbocycles. The van der Waals surface area contributed by atoms with Crippen LogP contribution in [-0.4, -0.2) is 38.7 Å². The molecule has 0 bridgehead atoms. The summed E-state index contributed by atoms with van der Waals surface area (Å²) < 4.78 is 1.61. The molecule has 1 aliphatic rings. The van der Waals surface area contributed by atoms with Gasteiger partial charge < -0.3 is 15.6 Å². The van der Waals surface area contributed by atoms with Gasteiger partial charge in [-0.05, 0) is 37.3 Å². The lowest BCUT2D eigenvalue weighted by Gasteiger charge is -2.16. The molecule has 2 aromatic rings. The molecule has 1 amide bonds. The van der Waals surface area contributed by atoms with Crippen molar-refractivity contribution in [2.45, 2.75) is 25.7 Å². The summed E-state index contributed by atoms with van der Waals surface area (Å²) >= 11 is 0. The standard InChI is InChI=1S/C15H20N6O2/c1-21-15(18-9-19-21)17-7-6-16-13(22)11-8-10-4-2-3-5-12(10)20-14(11)23/h8-9H,2-7H2,1H3,(H,16,22)(H,20,23)(H,17,18,19). The molecule has 8 heteroatoms. The van der Waals surface area contributed by atoms with E-state index >= 15 is 0 Å². The number of aromatic nitrogens is 4. The molecule has 1 aliphatic carbocycles. The monoisotopic (exact) mass is 316 g/mol. The molecule has 122 valence electrons. The number of carbonyl (C=O) groups excluding carboxylic acids is 1. The van der Waals surface area contributed by atoms with E-state index in [4.69, 9.17) is 0 Å². The van der Waals surface area contributed by atoms with Gasteiger partial charge in [0.25, 0.3) is 11.5 Å². The fourth-order valence-corrected chi connectivity index (χ4v) is 2.75. The largest absolute Gasteiger partial charge is 0.353 e. The highest BCUT2D eigenvalue weighted by molar-refractivity contribution is 5.94. The molecule has 0 atom stereocenters. The third-order valence-electron chi connectivity index (χ3n) is 3.99. The lowest BCUT2D eigenvalue weighted by atomic mass is 9.95. The van der Waals surface area contributed by atoms with Gasteiger partial charge in [-0.15, -0.1) is 0 Å². The second-order valence-corrected chi connectivity index (χ2v) is 5.61. The number of fused-ring (bicyclic) bond motifs is 1. The molecule has 0 spiro atoms. The van der Waals surface area contributed by atoms with Gasteiger partial charge >= 0.3 is 0 Å². The van der Waals surface area contributed by atoms with Crippen LogP contribution in [0.1, 0.15) is 34.5 Å². The number of carbonyl (C=O) groups is 1. The minimum Gasteiger partial charge on any atom is -0.353 e. The van der Waals surface area contributed by atoms with Crippen molar-refractivity contribution in [1.29, 1.82) is 0 Å². The van der Waals surface area contributed by atoms with Gasteiger partial charge in [0.1, 0.15) is 11.9 Å². The van der Waals surface area contributed by atoms with E-state index in [0.29, 0.717) is 19.0 Å². The van der Waals surface area contributed by atoms with Gasteiger partial charge in [-0.3, -0.25) is 9.59 Å². The normalized spacial score (nSPS) is 13.4. The van der Waals surface area contributed by atoms with E-state index in [9.17, 15) is 9.59 Å². The third kappa shape index (κ3) is 3.41. The first-order valence-electron chi connectivity index (χ1n) is 7.76.